The van der Waals surface area contributed by atoms with E-state index in [9.17, 15) is 9.59 Å². The average Bonchev–Trinajstić information content (AvgIpc) is 3.05. The first kappa shape index (κ1) is 28.9. The monoisotopic (exact) mass is 574 g/mol. The summed E-state index contributed by atoms with van der Waals surface area (Å²) >= 11 is 0. The van der Waals surface area contributed by atoms with Crippen LogP contribution in [0.4, 0.5) is 0 Å². The van der Waals surface area contributed by atoms with Gasteiger partial charge in [0.05, 0.1) is 26.0 Å². The maximum Gasteiger partial charge on any atom is 0.343 e. The first-order valence-electron chi connectivity index (χ1n) is 13.6. The average molecular weight is 575 g/mol. The van der Waals surface area contributed by atoms with Gasteiger partial charge in [0.25, 0.3) is 5.91 Å². The molecule has 0 fully saturated rings. The molecule has 0 heterocycles. The van der Waals surface area contributed by atoms with E-state index in [-0.39, 0.29) is 11.3 Å². The van der Waals surface area contributed by atoms with Crippen LogP contribution in [0.3, 0.4) is 0 Å². The molecule has 8 heteroatoms. The first-order valence-corrected chi connectivity index (χ1v) is 13.6. The van der Waals surface area contributed by atoms with E-state index in [0.717, 1.165) is 21.9 Å². The van der Waals surface area contributed by atoms with Crippen LogP contribution >= 0.6 is 0 Å². The van der Waals surface area contributed by atoms with Gasteiger partial charge in [0.2, 0.25) is 0 Å². The number of fused-ring (bicyclic) bond motifs is 1. The van der Waals surface area contributed by atoms with Crippen molar-refractivity contribution in [3.05, 3.63) is 120 Å². The second-order valence-electron chi connectivity index (χ2n) is 9.54. The molecular weight excluding hydrogens is 544 g/mol. The Morgan fingerprint density at radius 2 is 1.42 bits per heavy atom. The lowest BCUT2D eigenvalue weighted by Gasteiger charge is -2.14. The van der Waals surface area contributed by atoms with E-state index in [4.69, 9.17) is 18.9 Å². The van der Waals surface area contributed by atoms with Crippen molar-refractivity contribution < 1.29 is 28.5 Å². The van der Waals surface area contributed by atoms with Gasteiger partial charge in [-0.05, 0) is 65.2 Å². The summed E-state index contributed by atoms with van der Waals surface area (Å²) in [5, 5.41) is 5.87. The summed E-state index contributed by atoms with van der Waals surface area (Å²) in [6.07, 6.45) is 0.647. The normalized spacial score (nSPS) is 11.6. The van der Waals surface area contributed by atoms with E-state index in [1.165, 1.54) is 20.4 Å². The minimum Gasteiger partial charge on any atom is -0.493 e. The number of benzene rings is 5. The molecule has 1 amide bonds. The highest BCUT2D eigenvalue weighted by molar-refractivity contribution is 6.04. The number of hydrogen-bond acceptors (Lipinski definition) is 7. The Hall–Kier alpha value is -5.63. The van der Waals surface area contributed by atoms with Crippen molar-refractivity contribution in [2.45, 2.75) is 13.0 Å². The molecule has 0 aliphatic rings. The summed E-state index contributed by atoms with van der Waals surface area (Å²) in [4.78, 5) is 25.9. The highest BCUT2D eigenvalue weighted by Gasteiger charge is 2.17. The zero-order valence-electron chi connectivity index (χ0n) is 23.9. The number of nitrogens with one attached hydrogen (secondary N) is 1. The molecule has 0 aliphatic carbocycles. The number of rotatable bonds is 10. The van der Waals surface area contributed by atoms with Crippen molar-refractivity contribution >= 4 is 28.9 Å². The number of methoxy groups -OCH3 is 2. The summed E-state index contributed by atoms with van der Waals surface area (Å²) < 4.78 is 22.2. The number of nitrogens with zero attached hydrogens (tertiary/aromatic N) is 1. The van der Waals surface area contributed by atoms with Gasteiger partial charge in [0, 0.05) is 5.56 Å². The summed E-state index contributed by atoms with van der Waals surface area (Å²) in [6.45, 7) is 1.64. The van der Waals surface area contributed by atoms with E-state index in [1.54, 1.807) is 31.2 Å². The van der Waals surface area contributed by atoms with Crippen LogP contribution < -0.4 is 24.4 Å². The van der Waals surface area contributed by atoms with Crippen molar-refractivity contribution in [2.75, 3.05) is 14.2 Å². The van der Waals surface area contributed by atoms with Crippen LogP contribution in [-0.4, -0.2) is 38.4 Å². The van der Waals surface area contributed by atoms with Gasteiger partial charge in [0.15, 0.2) is 17.6 Å². The number of carbonyl (C=O) groups is 2. The number of carbonyl (C=O) groups excluding carboxylic acids is 2. The van der Waals surface area contributed by atoms with Crippen LogP contribution in [0.1, 0.15) is 22.8 Å². The lowest BCUT2D eigenvalue weighted by Crippen LogP contribution is -2.33. The van der Waals surface area contributed by atoms with Crippen molar-refractivity contribution in [1.82, 2.24) is 5.43 Å². The quantitative estimate of drug-likeness (QED) is 0.0867. The van der Waals surface area contributed by atoms with Crippen LogP contribution in [0.15, 0.2) is 114 Å². The fourth-order valence-corrected chi connectivity index (χ4v) is 4.49. The van der Waals surface area contributed by atoms with Crippen molar-refractivity contribution in [2.24, 2.45) is 5.10 Å². The molecule has 5 rings (SSSR count). The van der Waals surface area contributed by atoms with Gasteiger partial charge in [-0.2, -0.15) is 5.10 Å². The Morgan fingerprint density at radius 3 is 2.16 bits per heavy atom. The van der Waals surface area contributed by atoms with Crippen molar-refractivity contribution in [3.63, 3.8) is 0 Å². The topological polar surface area (TPSA) is 95.5 Å². The molecule has 216 valence electrons. The van der Waals surface area contributed by atoms with Crippen molar-refractivity contribution in [1.29, 1.82) is 0 Å². The van der Waals surface area contributed by atoms with Gasteiger partial charge in [-0.15, -0.1) is 0 Å². The van der Waals surface area contributed by atoms with Gasteiger partial charge in [-0.25, -0.2) is 10.2 Å². The molecule has 0 spiro atoms. The van der Waals surface area contributed by atoms with Crippen LogP contribution in [0.5, 0.6) is 23.0 Å². The predicted molar refractivity (Wildman–Crippen MR) is 166 cm³/mol. The second-order valence-corrected chi connectivity index (χ2v) is 9.54. The van der Waals surface area contributed by atoms with Gasteiger partial charge in [-0.3, -0.25) is 4.79 Å². The number of esters is 1. The van der Waals surface area contributed by atoms with E-state index in [1.807, 2.05) is 84.9 Å². The van der Waals surface area contributed by atoms with Crippen molar-refractivity contribution in [3.8, 4) is 34.1 Å². The van der Waals surface area contributed by atoms with Crippen LogP contribution in [0, 0.1) is 0 Å². The third kappa shape index (κ3) is 6.82. The molecule has 0 aromatic heterocycles. The number of ether oxygens (including phenoxy) is 4. The second kappa shape index (κ2) is 13.4. The molecule has 0 radical (unpaired) electrons. The third-order valence-corrected chi connectivity index (χ3v) is 6.76. The Balaban J connectivity index is 1.29. The summed E-state index contributed by atoms with van der Waals surface area (Å²) in [5.41, 5.74) is 5.48. The molecule has 0 unspecified atom stereocenters. The number of hydrogen-bond donors (Lipinski definition) is 1. The summed E-state index contributed by atoms with van der Waals surface area (Å²) in [6, 6.07) is 33.4. The molecule has 0 saturated carbocycles. The molecule has 5 aromatic rings. The standard InChI is InChI=1S/C35H30N2O6/c1-23(42-28-17-13-25(14-18-28)24-9-5-4-6-10-24)34(38)37-36-22-30-29-12-8-7-11-26(29)15-19-31(30)43-35(39)27-16-20-32(40-2)33(21-27)41-3/h4-23H,1-3H3,(H,37,38)/b36-22-/t23-/m1/s1. The largest absolute Gasteiger partial charge is 0.493 e. The Kier molecular flexibility index (Phi) is 8.97. The van der Waals surface area contributed by atoms with Gasteiger partial charge in [-0.1, -0.05) is 72.8 Å². The van der Waals surface area contributed by atoms with Gasteiger partial charge < -0.3 is 18.9 Å². The van der Waals surface area contributed by atoms with E-state index < -0.39 is 18.0 Å². The zero-order valence-corrected chi connectivity index (χ0v) is 23.9. The summed E-state index contributed by atoms with van der Waals surface area (Å²) in [5.74, 6) is 0.714. The van der Waals surface area contributed by atoms with Crippen LogP contribution in [0.2, 0.25) is 0 Å². The van der Waals surface area contributed by atoms with Gasteiger partial charge in [0.1, 0.15) is 11.5 Å². The highest BCUT2D eigenvalue weighted by atomic mass is 16.5. The lowest BCUT2D eigenvalue weighted by molar-refractivity contribution is -0.127. The Bertz CT molecular complexity index is 1770. The van der Waals surface area contributed by atoms with Crippen LogP contribution in [0.25, 0.3) is 21.9 Å². The predicted octanol–water partition coefficient (Wildman–Crippen LogP) is 6.66. The first-order chi connectivity index (χ1) is 21.0. The van der Waals surface area contributed by atoms with Crippen LogP contribution in [-0.2, 0) is 4.79 Å². The van der Waals surface area contributed by atoms with E-state index >= 15 is 0 Å². The zero-order chi connectivity index (χ0) is 30.2. The SMILES string of the molecule is COc1ccc(C(=O)Oc2ccc3ccccc3c2/C=N\NC(=O)[C@@H](C)Oc2ccc(-c3ccccc3)cc2)cc1OC. The highest BCUT2D eigenvalue weighted by Crippen LogP contribution is 2.30. The van der Waals surface area contributed by atoms with E-state index in [0.29, 0.717) is 22.8 Å². The number of amides is 1. The molecule has 0 saturated heterocycles. The fourth-order valence-electron chi connectivity index (χ4n) is 4.49. The molecule has 0 aliphatic heterocycles. The Labute approximate surface area is 249 Å². The molecule has 43 heavy (non-hydrogen) atoms. The number of hydrazone groups is 1. The fraction of sp³-hybridized carbons (Fsp3) is 0.114. The molecule has 1 atom stereocenters. The summed E-state index contributed by atoms with van der Waals surface area (Å²) in [7, 11) is 3.01. The molecule has 5 aromatic carbocycles. The smallest absolute Gasteiger partial charge is 0.343 e. The van der Waals surface area contributed by atoms with E-state index in [2.05, 4.69) is 10.5 Å². The maximum atomic E-state index is 13.1. The third-order valence-electron chi connectivity index (χ3n) is 6.76. The minimum atomic E-state index is -0.811. The maximum absolute atomic E-state index is 13.1. The molecule has 0 bridgehead atoms. The minimum absolute atomic E-state index is 0.277. The molecule has 1 N–H and O–H groups in total. The Morgan fingerprint density at radius 1 is 0.744 bits per heavy atom. The lowest BCUT2D eigenvalue weighted by atomic mass is 10.0. The molecular formula is C35H30N2O6. The molecule has 8 nitrogen and oxygen atoms in total. The van der Waals surface area contributed by atoms with Gasteiger partial charge >= 0.3 is 5.97 Å².